The molecule has 0 aliphatic carbocycles. The van der Waals surface area contributed by atoms with Crippen molar-refractivity contribution < 1.29 is 4.39 Å². The minimum Gasteiger partial charge on any atom is -0.384 e. The van der Waals surface area contributed by atoms with E-state index in [2.05, 4.69) is 27.5 Å². The Morgan fingerprint density at radius 1 is 1.27 bits per heavy atom. The second-order valence-electron chi connectivity index (χ2n) is 6.84. The summed E-state index contributed by atoms with van der Waals surface area (Å²) in [7, 11) is 0. The average molecular weight is 348 g/mol. The Bertz CT molecular complexity index is 956. The zero-order valence-corrected chi connectivity index (χ0v) is 14.5. The number of hydrogen-bond donors (Lipinski definition) is 2. The van der Waals surface area contributed by atoms with Crippen LogP contribution in [0.2, 0.25) is 0 Å². The lowest BCUT2D eigenvalue weighted by Gasteiger charge is -2.17. The fraction of sp³-hybridized carbons (Fsp3) is 0.286. The summed E-state index contributed by atoms with van der Waals surface area (Å²) >= 11 is 0. The van der Waals surface area contributed by atoms with Gasteiger partial charge in [0.05, 0.1) is 11.6 Å². The van der Waals surface area contributed by atoms with E-state index in [4.69, 9.17) is 5.26 Å². The first-order chi connectivity index (χ1) is 12.7. The van der Waals surface area contributed by atoms with Gasteiger partial charge in [-0.2, -0.15) is 5.26 Å². The van der Waals surface area contributed by atoms with E-state index < -0.39 is 0 Å². The quantitative estimate of drug-likeness (QED) is 0.730. The highest BCUT2D eigenvalue weighted by molar-refractivity contribution is 5.85. The van der Waals surface area contributed by atoms with Crippen LogP contribution >= 0.6 is 0 Å². The van der Waals surface area contributed by atoms with Crippen molar-refractivity contribution in [1.82, 2.24) is 9.88 Å². The van der Waals surface area contributed by atoms with E-state index in [0.29, 0.717) is 11.5 Å². The van der Waals surface area contributed by atoms with Gasteiger partial charge in [0.2, 0.25) is 0 Å². The zero-order chi connectivity index (χ0) is 17.9. The molecule has 132 valence electrons. The SMILES string of the molecule is N#Cc1ccc2c(C3CCN(CCNc4cccc(F)c4)C3)c[nH]c2c1. The molecule has 0 amide bonds. The Labute approximate surface area is 152 Å². The van der Waals surface area contributed by atoms with E-state index in [1.807, 2.05) is 24.3 Å². The molecule has 0 saturated carbocycles. The van der Waals surface area contributed by atoms with Crippen molar-refractivity contribution in [2.24, 2.45) is 0 Å². The molecule has 1 aliphatic rings. The van der Waals surface area contributed by atoms with Gasteiger partial charge >= 0.3 is 0 Å². The molecule has 2 heterocycles. The number of benzene rings is 2. The van der Waals surface area contributed by atoms with Crippen LogP contribution in [0.5, 0.6) is 0 Å². The van der Waals surface area contributed by atoms with Gasteiger partial charge in [-0.15, -0.1) is 0 Å². The lowest BCUT2D eigenvalue weighted by atomic mass is 9.97. The summed E-state index contributed by atoms with van der Waals surface area (Å²) < 4.78 is 13.2. The third-order valence-electron chi connectivity index (χ3n) is 5.14. The van der Waals surface area contributed by atoms with Gasteiger partial charge in [0, 0.05) is 42.4 Å². The molecule has 1 aliphatic heterocycles. The van der Waals surface area contributed by atoms with Crippen LogP contribution in [-0.2, 0) is 0 Å². The second kappa shape index (κ2) is 7.19. The highest BCUT2D eigenvalue weighted by Gasteiger charge is 2.25. The number of fused-ring (bicyclic) bond motifs is 1. The van der Waals surface area contributed by atoms with Crippen LogP contribution in [0.1, 0.15) is 23.5 Å². The Hall–Kier alpha value is -2.84. The largest absolute Gasteiger partial charge is 0.384 e. The number of aromatic nitrogens is 1. The summed E-state index contributed by atoms with van der Waals surface area (Å²) in [6, 6.07) is 14.6. The maximum atomic E-state index is 13.2. The summed E-state index contributed by atoms with van der Waals surface area (Å²) in [6.45, 7) is 3.83. The van der Waals surface area contributed by atoms with Crippen molar-refractivity contribution >= 4 is 16.6 Å². The molecule has 1 aromatic heterocycles. The van der Waals surface area contributed by atoms with Crippen molar-refractivity contribution in [3.63, 3.8) is 0 Å². The highest BCUT2D eigenvalue weighted by atomic mass is 19.1. The van der Waals surface area contributed by atoms with E-state index in [0.717, 1.165) is 43.8 Å². The summed E-state index contributed by atoms with van der Waals surface area (Å²) in [5.74, 6) is 0.293. The number of nitriles is 1. The summed E-state index contributed by atoms with van der Waals surface area (Å²) in [5.41, 5.74) is 3.88. The number of likely N-dealkylation sites (tertiary alicyclic amines) is 1. The molecule has 5 heteroatoms. The van der Waals surface area contributed by atoms with E-state index in [1.54, 1.807) is 6.07 Å². The van der Waals surface area contributed by atoms with Gasteiger partial charge in [-0.05, 0) is 54.8 Å². The maximum Gasteiger partial charge on any atom is 0.125 e. The summed E-state index contributed by atoms with van der Waals surface area (Å²) in [4.78, 5) is 5.75. The van der Waals surface area contributed by atoms with Crippen LogP contribution < -0.4 is 5.32 Å². The number of nitrogens with one attached hydrogen (secondary N) is 2. The van der Waals surface area contributed by atoms with E-state index >= 15 is 0 Å². The smallest absolute Gasteiger partial charge is 0.125 e. The van der Waals surface area contributed by atoms with Crippen molar-refractivity contribution in [3.8, 4) is 6.07 Å². The maximum absolute atomic E-state index is 13.2. The third kappa shape index (κ3) is 3.42. The lowest BCUT2D eigenvalue weighted by molar-refractivity contribution is 0.348. The van der Waals surface area contributed by atoms with Gasteiger partial charge in [0.25, 0.3) is 0 Å². The monoisotopic (exact) mass is 348 g/mol. The minimum absolute atomic E-state index is 0.213. The highest BCUT2D eigenvalue weighted by Crippen LogP contribution is 2.32. The molecular weight excluding hydrogens is 327 g/mol. The molecule has 0 spiro atoms. The van der Waals surface area contributed by atoms with Crippen LogP contribution in [0.15, 0.2) is 48.7 Å². The van der Waals surface area contributed by atoms with Crippen LogP contribution in [0.4, 0.5) is 10.1 Å². The topological polar surface area (TPSA) is 54.9 Å². The molecule has 1 atom stereocenters. The molecule has 1 unspecified atom stereocenters. The minimum atomic E-state index is -0.213. The van der Waals surface area contributed by atoms with Gasteiger partial charge < -0.3 is 15.2 Å². The predicted octanol–water partition coefficient (Wildman–Crippen LogP) is 4.08. The standard InChI is InChI=1S/C21H21FN4/c22-17-2-1-3-18(11-17)24-7-9-26-8-6-16(14-26)20-13-25-21-10-15(12-23)4-5-19(20)21/h1-5,10-11,13,16,24-25H,6-9,14H2. The van der Waals surface area contributed by atoms with Crippen molar-refractivity contribution in [2.75, 3.05) is 31.5 Å². The zero-order valence-electron chi connectivity index (χ0n) is 14.5. The second-order valence-corrected chi connectivity index (χ2v) is 6.84. The molecule has 4 rings (SSSR count). The first kappa shape index (κ1) is 16.6. The molecule has 26 heavy (non-hydrogen) atoms. The molecule has 2 aromatic carbocycles. The molecule has 3 aromatic rings. The Balaban J connectivity index is 1.36. The fourth-order valence-corrected chi connectivity index (χ4v) is 3.80. The van der Waals surface area contributed by atoms with E-state index in [1.165, 1.54) is 23.1 Å². The van der Waals surface area contributed by atoms with Gasteiger partial charge in [0.15, 0.2) is 0 Å². The number of rotatable bonds is 5. The fourth-order valence-electron chi connectivity index (χ4n) is 3.80. The van der Waals surface area contributed by atoms with Crippen molar-refractivity contribution in [2.45, 2.75) is 12.3 Å². The molecular formula is C21H21FN4. The first-order valence-corrected chi connectivity index (χ1v) is 8.96. The average Bonchev–Trinajstić information content (AvgIpc) is 3.27. The molecule has 2 N–H and O–H groups in total. The number of nitrogens with zero attached hydrogens (tertiary/aromatic N) is 2. The molecule has 0 bridgehead atoms. The molecule has 0 radical (unpaired) electrons. The van der Waals surface area contributed by atoms with Crippen LogP contribution in [0.3, 0.4) is 0 Å². The molecule has 1 saturated heterocycles. The van der Waals surface area contributed by atoms with Crippen LogP contribution in [0, 0.1) is 17.1 Å². The van der Waals surface area contributed by atoms with Crippen LogP contribution in [0.25, 0.3) is 10.9 Å². The van der Waals surface area contributed by atoms with Gasteiger partial charge in [-0.3, -0.25) is 0 Å². The van der Waals surface area contributed by atoms with Gasteiger partial charge in [-0.1, -0.05) is 12.1 Å². The number of halogens is 1. The summed E-state index contributed by atoms with van der Waals surface area (Å²) in [6.07, 6.45) is 3.22. The van der Waals surface area contributed by atoms with Gasteiger partial charge in [0.1, 0.15) is 5.82 Å². The van der Waals surface area contributed by atoms with Crippen molar-refractivity contribution in [1.29, 1.82) is 5.26 Å². The van der Waals surface area contributed by atoms with E-state index in [9.17, 15) is 4.39 Å². The number of H-pyrrole nitrogens is 1. The number of anilines is 1. The van der Waals surface area contributed by atoms with Crippen molar-refractivity contribution in [3.05, 3.63) is 65.6 Å². The van der Waals surface area contributed by atoms with Crippen LogP contribution in [-0.4, -0.2) is 36.1 Å². The van der Waals surface area contributed by atoms with Gasteiger partial charge in [-0.25, -0.2) is 4.39 Å². The lowest BCUT2D eigenvalue weighted by Crippen LogP contribution is -2.26. The normalized spacial score (nSPS) is 17.5. The number of hydrogen-bond acceptors (Lipinski definition) is 3. The molecule has 1 fully saturated rings. The first-order valence-electron chi connectivity index (χ1n) is 8.96. The predicted molar refractivity (Wildman–Crippen MR) is 102 cm³/mol. The third-order valence-corrected chi connectivity index (χ3v) is 5.14. The Kier molecular flexibility index (Phi) is 4.59. The number of aromatic amines is 1. The van der Waals surface area contributed by atoms with E-state index in [-0.39, 0.29) is 5.82 Å². The molecule has 4 nitrogen and oxygen atoms in total. The summed E-state index contributed by atoms with van der Waals surface area (Å²) in [5, 5.41) is 13.5. The Morgan fingerprint density at radius 2 is 2.19 bits per heavy atom. The Morgan fingerprint density at radius 3 is 3.04 bits per heavy atom.